The van der Waals surface area contributed by atoms with Gasteiger partial charge in [0.2, 0.25) is 5.91 Å². The van der Waals surface area contributed by atoms with E-state index in [-0.39, 0.29) is 17.7 Å². The van der Waals surface area contributed by atoms with Gasteiger partial charge in [-0.1, -0.05) is 24.3 Å². The van der Waals surface area contributed by atoms with E-state index in [9.17, 15) is 9.59 Å². The van der Waals surface area contributed by atoms with Crippen LogP contribution < -0.4 is 5.32 Å². The Morgan fingerprint density at radius 3 is 3.00 bits per heavy atom. The Morgan fingerprint density at radius 2 is 2.18 bits per heavy atom. The number of amides is 1. The van der Waals surface area contributed by atoms with Crippen LogP contribution in [0.5, 0.6) is 0 Å². The van der Waals surface area contributed by atoms with Crippen LogP contribution in [0.15, 0.2) is 29.6 Å². The molecule has 1 aromatic carbocycles. The summed E-state index contributed by atoms with van der Waals surface area (Å²) in [5.41, 5.74) is 2.49. The van der Waals surface area contributed by atoms with Gasteiger partial charge in [-0.2, -0.15) is 11.8 Å². The largest absolute Gasteiger partial charge is 0.452 e. The van der Waals surface area contributed by atoms with Crippen molar-refractivity contribution in [1.82, 2.24) is 4.98 Å². The Hall–Kier alpha value is -1.86. The first kappa shape index (κ1) is 15.1. The average Bonchev–Trinajstić information content (AvgIpc) is 2.95. The Bertz CT molecular complexity index is 714. The number of nitrogens with one attached hydrogen (secondary N) is 1. The lowest BCUT2D eigenvalue weighted by Crippen LogP contribution is -2.18. The van der Waals surface area contributed by atoms with Crippen molar-refractivity contribution >= 4 is 40.1 Å². The zero-order valence-electron chi connectivity index (χ0n) is 11.9. The number of hydrogen-bond donors (Lipinski definition) is 1. The maximum Gasteiger partial charge on any atom is 0.358 e. The molecule has 0 aliphatic carbocycles. The maximum atomic E-state index is 12.2. The second-order valence-electron chi connectivity index (χ2n) is 4.83. The third-order valence-electron chi connectivity index (χ3n) is 3.17. The van der Waals surface area contributed by atoms with Crippen LogP contribution >= 0.6 is 23.1 Å². The molecule has 1 unspecified atom stereocenters. The van der Waals surface area contributed by atoms with Crippen LogP contribution in [0.2, 0.25) is 0 Å². The fourth-order valence-electron chi connectivity index (χ4n) is 2.21. The molecule has 114 valence electrons. The number of fused-ring (bicyclic) bond motifs is 1. The van der Waals surface area contributed by atoms with Crippen LogP contribution in [-0.2, 0) is 15.3 Å². The number of carbonyl (C=O) groups is 2. The van der Waals surface area contributed by atoms with Gasteiger partial charge in [-0.05, 0) is 11.1 Å². The van der Waals surface area contributed by atoms with E-state index in [1.165, 1.54) is 23.8 Å². The highest BCUT2D eigenvalue weighted by Crippen LogP contribution is 2.34. The highest BCUT2D eigenvalue weighted by molar-refractivity contribution is 7.98. The number of rotatable bonds is 3. The molecule has 2 heterocycles. The molecule has 1 aromatic heterocycles. The van der Waals surface area contributed by atoms with Gasteiger partial charge in [0.15, 0.2) is 10.8 Å². The molecule has 1 amide bonds. The van der Waals surface area contributed by atoms with Gasteiger partial charge in [0.05, 0.1) is 0 Å². The highest BCUT2D eigenvalue weighted by Gasteiger charge is 2.25. The molecule has 0 spiro atoms. The smallest absolute Gasteiger partial charge is 0.358 e. The van der Waals surface area contributed by atoms with E-state index in [0.717, 1.165) is 17.1 Å². The fraction of sp³-hybridized carbons (Fsp3) is 0.267. The molecule has 0 fully saturated rings. The second kappa shape index (κ2) is 6.50. The average molecular weight is 334 g/mol. The Kier molecular flexibility index (Phi) is 4.44. The van der Waals surface area contributed by atoms with E-state index in [4.69, 9.17) is 4.74 Å². The third kappa shape index (κ3) is 3.31. The summed E-state index contributed by atoms with van der Waals surface area (Å²) >= 11 is 2.95. The number of thioether (sulfide) groups is 1. The summed E-state index contributed by atoms with van der Waals surface area (Å²) in [4.78, 5) is 27.3. The SMILES string of the molecule is CC(=O)Nc1nc(C(=O)OC2CSCc3ccccc32)cs1. The Morgan fingerprint density at radius 1 is 1.36 bits per heavy atom. The number of thiazole rings is 1. The molecule has 1 aliphatic rings. The van der Waals surface area contributed by atoms with Crippen molar-refractivity contribution in [2.45, 2.75) is 18.8 Å². The summed E-state index contributed by atoms with van der Waals surface area (Å²) in [6.45, 7) is 1.40. The molecule has 22 heavy (non-hydrogen) atoms. The number of aromatic nitrogens is 1. The molecule has 1 atom stereocenters. The van der Waals surface area contributed by atoms with Crippen molar-refractivity contribution in [2.24, 2.45) is 0 Å². The van der Waals surface area contributed by atoms with Gasteiger partial charge in [-0.3, -0.25) is 4.79 Å². The minimum Gasteiger partial charge on any atom is -0.452 e. The predicted molar refractivity (Wildman–Crippen MR) is 87.2 cm³/mol. The van der Waals surface area contributed by atoms with Crippen molar-refractivity contribution < 1.29 is 14.3 Å². The summed E-state index contributed by atoms with van der Waals surface area (Å²) < 4.78 is 5.59. The molecule has 1 N–H and O–H groups in total. The van der Waals surface area contributed by atoms with Crippen LogP contribution in [0, 0.1) is 0 Å². The number of benzene rings is 1. The number of nitrogens with zero attached hydrogens (tertiary/aromatic N) is 1. The van der Waals surface area contributed by atoms with Gasteiger partial charge in [0.25, 0.3) is 0 Å². The predicted octanol–water partition coefficient (Wildman–Crippen LogP) is 3.25. The topological polar surface area (TPSA) is 68.3 Å². The first-order valence-electron chi connectivity index (χ1n) is 6.73. The van der Waals surface area contributed by atoms with E-state index in [1.807, 2.05) is 18.2 Å². The second-order valence-corrected chi connectivity index (χ2v) is 6.72. The van der Waals surface area contributed by atoms with Crippen molar-refractivity contribution in [3.63, 3.8) is 0 Å². The quantitative estimate of drug-likeness (QED) is 0.873. The van der Waals surface area contributed by atoms with Crippen molar-refractivity contribution in [3.05, 3.63) is 46.5 Å². The van der Waals surface area contributed by atoms with Crippen LogP contribution in [-0.4, -0.2) is 22.6 Å². The van der Waals surface area contributed by atoms with Crippen LogP contribution in [0.4, 0.5) is 5.13 Å². The summed E-state index contributed by atoms with van der Waals surface area (Å²) in [5, 5.41) is 4.55. The van der Waals surface area contributed by atoms with Crippen molar-refractivity contribution in [3.8, 4) is 0 Å². The van der Waals surface area contributed by atoms with Crippen LogP contribution in [0.3, 0.4) is 0 Å². The molecule has 2 aromatic rings. The van der Waals surface area contributed by atoms with Gasteiger partial charge < -0.3 is 10.1 Å². The summed E-state index contributed by atoms with van der Waals surface area (Å²) in [6, 6.07) is 7.99. The van der Waals surface area contributed by atoms with Gasteiger partial charge in [0.1, 0.15) is 6.10 Å². The number of anilines is 1. The lowest BCUT2D eigenvalue weighted by Gasteiger charge is -2.24. The molecular weight excluding hydrogens is 320 g/mol. The molecule has 0 saturated carbocycles. The van der Waals surface area contributed by atoms with Crippen LogP contribution in [0.25, 0.3) is 0 Å². The lowest BCUT2D eigenvalue weighted by molar-refractivity contribution is -0.114. The van der Waals surface area contributed by atoms with E-state index < -0.39 is 5.97 Å². The van der Waals surface area contributed by atoms with Gasteiger partial charge in [-0.15, -0.1) is 11.3 Å². The third-order valence-corrected chi connectivity index (χ3v) is 4.99. The van der Waals surface area contributed by atoms with E-state index in [1.54, 1.807) is 17.1 Å². The molecule has 1 aliphatic heterocycles. The summed E-state index contributed by atoms with van der Waals surface area (Å²) in [6.07, 6.45) is -0.256. The minimum atomic E-state index is -0.463. The molecule has 7 heteroatoms. The van der Waals surface area contributed by atoms with Gasteiger partial charge in [0, 0.05) is 23.8 Å². The number of carbonyl (C=O) groups excluding carboxylic acids is 2. The number of hydrogen-bond acceptors (Lipinski definition) is 6. The highest BCUT2D eigenvalue weighted by atomic mass is 32.2. The van der Waals surface area contributed by atoms with E-state index >= 15 is 0 Å². The van der Waals surface area contributed by atoms with Crippen LogP contribution in [0.1, 0.15) is 34.6 Å². The monoisotopic (exact) mass is 334 g/mol. The zero-order chi connectivity index (χ0) is 15.5. The Balaban J connectivity index is 1.72. The zero-order valence-corrected chi connectivity index (χ0v) is 13.5. The molecule has 5 nitrogen and oxygen atoms in total. The lowest BCUT2D eigenvalue weighted by atomic mass is 10.0. The standard InChI is InChI=1S/C15H14N2O3S2/c1-9(18)16-15-17-12(7-22-15)14(19)20-13-8-21-6-10-4-2-3-5-11(10)13/h2-5,7,13H,6,8H2,1H3,(H,16,17,18). The van der Waals surface area contributed by atoms with Crippen molar-refractivity contribution in [1.29, 1.82) is 0 Å². The molecule has 0 bridgehead atoms. The first-order valence-corrected chi connectivity index (χ1v) is 8.76. The summed E-state index contributed by atoms with van der Waals surface area (Å²) in [5.74, 6) is 1.00. The van der Waals surface area contributed by atoms with Gasteiger partial charge in [-0.25, -0.2) is 9.78 Å². The van der Waals surface area contributed by atoms with Crippen molar-refractivity contribution in [2.75, 3.05) is 11.1 Å². The van der Waals surface area contributed by atoms with E-state index in [2.05, 4.69) is 16.4 Å². The van der Waals surface area contributed by atoms with E-state index in [0.29, 0.717) is 5.13 Å². The van der Waals surface area contributed by atoms with Gasteiger partial charge >= 0.3 is 5.97 Å². The number of ether oxygens (including phenoxy) is 1. The molecule has 3 rings (SSSR count). The molecule has 0 saturated heterocycles. The summed E-state index contributed by atoms with van der Waals surface area (Å²) in [7, 11) is 0. The minimum absolute atomic E-state index is 0.216. The Labute approximate surface area is 136 Å². The normalized spacial score (nSPS) is 16.7. The fourth-order valence-corrected chi connectivity index (χ4v) is 4.00. The molecular formula is C15H14N2O3S2. The molecule has 0 radical (unpaired) electrons. The first-order chi connectivity index (χ1) is 10.6. The maximum absolute atomic E-state index is 12.2. The number of esters is 1.